The predicted octanol–water partition coefficient (Wildman–Crippen LogP) is 4.33. The minimum Gasteiger partial charge on any atom is -0.374 e. The van der Waals surface area contributed by atoms with Crippen LogP contribution in [0.4, 0.5) is 24.5 Å². The van der Waals surface area contributed by atoms with E-state index in [2.05, 4.69) is 15.2 Å². The van der Waals surface area contributed by atoms with Gasteiger partial charge in [0.1, 0.15) is 5.03 Å². The zero-order valence-electron chi connectivity index (χ0n) is 13.4. The van der Waals surface area contributed by atoms with Crippen LogP contribution in [-0.4, -0.2) is 30.0 Å². The molecule has 0 aliphatic carbocycles. The van der Waals surface area contributed by atoms with E-state index < -0.39 is 11.4 Å². The maximum Gasteiger partial charge on any atom is 0.447 e. The fourth-order valence-electron chi connectivity index (χ4n) is 2.82. The molecule has 0 spiro atoms. The largest absolute Gasteiger partial charge is 0.447 e. The molecule has 1 N–H and O–H groups in total. The molecule has 1 amide bonds. The SMILES string of the molecule is CN1CCCc2cc(NC(=O)c3cccnc3SC(F)(F)F)ccc21. The quantitative estimate of drug-likeness (QED) is 0.821. The topological polar surface area (TPSA) is 45.2 Å². The van der Waals surface area contributed by atoms with E-state index in [0.29, 0.717) is 5.69 Å². The Balaban J connectivity index is 1.81. The molecule has 2 aromatic rings. The molecule has 1 aromatic carbocycles. The molecule has 2 heterocycles. The van der Waals surface area contributed by atoms with Crippen LogP contribution in [0.1, 0.15) is 22.3 Å². The normalized spacial score (nSPS) is 14.2. The van der Waals surface area contributed by atoms with Crippen LogP contribution in [0.5, 0.6) is 0 Å². The summed E-state index contributed by atoms with van der Waals surface area (Å²) in [5.41, 5.74) is -1.81. The number of nitrogens with one attached hydrogen (secondary N) is 1. The Morgan fingerprint density at radius 2 is 2.12 bits per heavy atom. The number of carbonyl (C=O) groups excluding carboxylic acids is 1. The molecule has 0 bridgehead atoms. The first-order chi connectivity index (χ1) is 11.8. The van der Waals surface area contributed by atoms with Crippen LogP contribution in [0.3, 0.4) is 0 Å². The van der Waals surface area contributed by atoms with Gasteiger partial charge in [-0.15, -0.1) is 0 Å². The second kappa shape index (κ2) is 6.95. The lowest BCUT2D eigenvalue weighted by Crippen LogP contribution is -2.24. The van der Waals surface area contributed by atoms with Crippen LogP contribution in [0.2, 0.25) is 0 Å². The van der Waals surface area contributed by atoms with E-state index >= 15 is 0 Å². The molecule has 1 aliphatic rings. The number of aromatic nitrogens is 1. The van der Waals surface area contributed by atoms with Crippen molar-refractivity contribution in [1.82, 2.24) is 4.98 Å². The van der Waals surface area contributed by atoms with Crippen molar-refractivity contribution in [2.24, 2.45) is 0 Å². The molecule has 3 rings (SSSR count). The van der Waals surface area contributed by atoms with Gasteiger partial charge in [0.15, 0.2) is 0 Å². The molecular weight excluding hydrogens is 351 g/mol. The van der Waals surface area contributed by atoms with Gasteiger partial charge in [-0.1, -0.05) is 0 Å². The van der Waals surface area contributed by atoms with Gasteiger partial charge in [0.2, 0.25) is 0 Å². The van der Waals surface area contributed by atoms with Gasteiger partial charge in [0, 0.05) is 42.9 Å². The molecule has 0 saturated carbocycles. The summed E-state index contributed by atoms with van der Waals surface area (Å²) in [4.78, 5) is 18.2. The number of nitrogens with zero attached hydrogens (tertiary/aromatic N) is 2. The minimum absolute atomic E-state index is 0.0975. The highest BCUT2D eigenvalue weighted by Crippen LogP contribution is 2.37. The van der Waals surface area contributed by atoms with Crippen LogP contribution in [0.25, 0.3) is 0 Å². The number of halogens is 3. The van der Waals surface area contributed by atoms with Crippen LogP contribution in [0.15, 0.2) is 41.6 Å². The van der Waals surface area contributed by atoms with Crippen molar-refractivity contribution in [2.75, 3.05) is 23.8 Å². The van der Waals surface area contributed by atoms with Gasteiger partial charge in [-0.3, -0.25) is 4.79 Å². The van der Waals surface area contributed by atoms with Crippen molar-refractivity contribution in [3.05, 3.63) is 47.7 Å². The zero-order chi connectivity index (χ0) is 18.0. The van der Waals surface area contributed by atoms with E-state index in [9.17, 15) is 18.0 Å². The summed E-state index contributed by atoms with van der Waals surface area (Å²) < 4.78 is 37.9. The lowest BCUT2D eigenvalue weighted by atomic mass is 10.0. The highest BCUT2D eigenvalue weighted by molar-refractivity contribution is 8.00. The fourth-order valence-corrected chi connectivity index (χ4v) is 3.42. The number of fused-ring (bicyclic) bond motifs is 1. The number of pyridine rings is 1. The molecule has 0 unspecified atom stereocenters. The number of amides is 1. The van der Waals surface area contributed by atoms with Gasteiger partial charge in [0.05, 0.1) is 5.56 Å². The van der Waals surface area contributed by atoms with Crippen LogP contribution in [-0.2, 0) is 6.42 Å². The molecule has 132 valence electrons. The summed E-state index contributed by atoms with van der Waals surface area (Å²) >= 11 is -0.389. The Labute approximate surface area is 147 Å². The molecule has 0 radical (unpaired) electrons. The average Bonchev–Trinajstić information content (AvgIpc) is 2.54. The third-order valence-electron chi connectivity index (χ3n) is 3.92. The molecule has 8 heteroatoms. The summed E-state index contributed by atoms with van der Waals surface area (Å²) in [6, 6.07) is 8.32. The van der Waals surface area contributed by atoms with E-state index in [0.717, 1.165) is 30.6 Å². The van der Waals surface area contributed by atoms with Gasteiger partial charge < -0.3 is 10.2 Å². The van der Waals surface area contributed by atoms with E-state index in [1.165, 1.54) is 18.3 Å². The van der Waals surface area contributed by atoms with Crippen molar-refractivity contribution < 1.29 is 18.0 Å². The second-order valence-electron chi connectivity index (χ2n) is 5.73. The molecule has 0 fully saturated rings. The number of hydrogen-bond donors (Lipinski definition) is 1. The van der Waals surface area contributed by atoms with E-state index in [4.69, 9.17) is 0 Å². The molecule has 1 aliphatic heterocycles. The first-order valence-corrected chi connectivity index (χ1v) is 8.51. The van der Waals surface area contributed by atoms with Gasteiger partial charge in [-0.25, -0.2) is 4.98 Å². The standard InChI is InChI=1S/C17H16F3N3OS/c1-23-9-3-4-11-10-12(6-7-14(11)23)22-15(24)13-5-2-8-21-16(13)25-17(18,19)20/h2,5-8,10H,3-4,9H2,1H3,(H,22,24). The lowest BCUT2D eigenvalue weighted by molar-refractivity contribution is -0.0329. The van der Waals surface area contributed by atoms with Crippen LogP contribution >= 0.6 is 11.8 Å². The average molecular weight is 367 g/mol. The Hall–Kier alpha value is -2.22. The van der Waals surface area contributed by atoms with Crippen molar-refractivity contribution in [3.63, 3.8) is 0 Å². The number of anilines is 2. The van der Waals surface area contributed by atoms with Gasteiger partial charge in [-0.2, -0.15) is 13.2 Å². The number of hydrogen-bond acceptors (Lipinski definition) is 4. The third kappa shape index (κ3) is 4.25. The maximum absolute atomic E-state index is 12.6. The van der Waals surface area contributed by atoms with Crippen molar-refractivity contribution in [1.29, 1.82) is 0 Å². The number of aryl methyl sites for hydroxylation is 1. The number of alkyl halides is 3. The Morgan fingerprint density at radius 3 is 2.88 bits per heavy atom. The van der Waals surface area contributed by atoms with Gasteiger partial charge in [-0.05, 0) is 48.7 Å². The predicted molar refractivity (Wildman–Crippen MR) is 92.1 cm³/mol. The summed E-state index contributed by atoms with van der Waals surface area (Å²) in [5, 5.41) is 2.31. The smallest absolute Gasteiger partial charge is 0.374 e. The summed E-state index contributed by atoms with van der Waals surface area (Å²) in [5.74, 6) is -0.607. The summed E-state index contributed by atoms with van der Waals surface area (Å²) in [6.45, 7) is 0.979. The molecule has 0 atom stereocenters. The molecule has 25 heavy (non-hydrogen) atoms. The Kier molecular flexibility index (Phi) is 4.89. The van der Waals surface area contributed by atoms with Gasteiger partial charge >= 0.3 is 5.51 Å². The zero-order valence-corrected chi connectivity index (χ0v) is 14.2. The summed E-state index contributed by atoms with van der Waals surface area (Å²) in [7, 11) is 2.01. The highest BCUT2D eigenvalue weighted by atomic mass is 32.2. The fraction of sp³-hybridized carbons (Fsp3) is 0.294. The van der Waals surface area contributed by atoms with Crippen LogP contribution in [0, 0.1) is 0 Å². The Morgan fingerprint density at radius 1 is 1.32 bits per heavy atom. The first kappa shape index (κ1) is 17.6. The molecule has 1 aromatic heterocycles. The van der Waals surface area contributed by atoms with Gasteiger partial charge in [0.25, 0.3) is 5.91 Å². The Bertz CT molecular complexity index is 795. The summed E-state index contributed by atoms with van der Waals surface area (Å²) in [6.07, 6.45) is 3.17. The third-order valence-corrected chi connectivity index (χ3v) is 4.67. The van der Waals surface area contributed by atoms with Crippen molar-refractivity contribution in [2.45, 2.75) is 23.4 Å². The minimum atomic E-state index is -4.50. The lowest BCUT2D eigenvalue weighted by Gasteiger charge is -2.27. The number of carbonyl (C=O) groups is 1. The second-order valence-corrected chi connectivity index (χ2v) is 6.78. The molecule has 4 nitrogen and oxygen atoms in total. The first-order valence-electron chi connectivity index (χ1n) is 7.70. The number of rotatable bonds is 3. The van der Waals surface area contributed by atoms with E-state index in [1.54, 1.807) is 6.07 Å². The molecular formula is C17H16F3N3OS. The monoisotopic (exact) mass is 367 g/mol. The molecule has 0 saturated heterocycles. The van der Waals surface area contributed by atoms with Crippen molar-refractivity contribution in [3.8, 4) is 0 Å². The highest BCUT2D eigenvalue weighted by Gasteiger charge is 2.32. The van der Waals surface area contributed by atoms with E-state index in [-0.39, 0.29) is 22.4 Å². The maximum atomic E-state index is 12.6. The van der Waals surface area contributed by atoms with E-state index in [1.807, 2.05) is 19.2 Å². The van der Waals surface area contributed by atoms with Crippen molar-refractivity contribution >= 4 is 29.0 Å². The van der Waals surface area contributed by atoms with Crippen LogP contribution < -0.4 is 10.2 Å². The number of thioether (sulfide) groups is 1. The number of benzene rings is 1.